The van der Waals surface area contributed by atoms with E-state index in [-0.39, 0.29) is 5.82 Å². The molecule has 260 valence electrons. The molecule has 0 amide bonds. The van der Waals surface area contributed by atoms with E-state index in [4.69, 9.17) is 4.42 Å². The van der Waals surface area contributed by atoms with Crippen LogP contribution in [0, 0.1) is 29.0 Å². The summed E-state index contributed by atoms with van der Waals surface area (Å²) < 4.78 is 20.7. The summed E-state index contributed by atoms with van der Waals surface area (Å²) in [6.07, 6.45) is 33.1. The van der Waals surface area contributed by atoms with Gasteiger partial charge in [-0.05, 0) is 136 Å². The molecule has 1 saturated carbocycles. The van der Waals surface area contributed by atoms with E-state index in [1.807, 2.05) is 17.7 Å². The molecule has 7 aliphatic carbocycles. The maximum Gasteiger partial charge on any atom is 0.134 e. The van der Waals surface area contributed by atoms with Crippen molar-refractivity contribution in [3.05, 3.63) is 130 Å². The number of allylic oxidation sites excluding steroid dienone is 9. The van der Waals surface area contributed by atoms with Crippen LogP contribution in [0.5, 0.6) is 0 Å². The summed E-state index contributed by atoms with van der Waals surface area (Å²) in [5.74, 6) is 2.96. The number of hydrogen-bond donors (Lipinski definition) is 0. The Labute approximate surface area is 302 Å². The van der Waals surface area contributed by atoms with Crippen molar-refractivity contribution in [2.45, 2.75) is 108 Å². The zero-order valence-corrected chi connectivity index (χ0v) is 29.8. The van der Waals surface area contributed by atoms with Gasteiger partial charge in [0.2, 0.25) is 0 Å². The van der Waals surface area contributed by atoms with Crippen molar-refractivity contribution in [2.24, 2.45) is 23.2 Å². The summed E-state index contributed by atoms with van der Waals surface area (Å²) >= 11 is 0. The Balaban J connectivity index is 1.02. The minimum Gasteiger partial charge on any atom is -0.460 e. The first kappa shape index (κ1) is 30.6. The number of aryl methyl sites for hydroxylation is 1. The summed E-state index contributed by atoms with van der Waals surface area (Å²) in [4.78, 5) is 5.47. The van der Waals surface area contributed by atoms with Crippen molar-refractivity contribution in [1.29, 1.82) is 0 Å². The summed E-state index contributed by atoms with van der Waals surface area (Å²) in [6, 6.07) is 16.7. The fourth-order valence-electron chi connectivity index (χ4n) is 12.6. The minimum atomic E-state index is -0.161. The molecule has 3 nitrogen and oxygen atoms in total. The van der Waals surface area contributed by atoms with Gasteiger partial charge in [0.05, 0.1) is 6.04 Å². The zero-order valence-electron chi connectivity index (χ0n) is 29.8. The maximum atomic E-state index is 14.1. The van der Waals surface area contributed by atoms with Crippen molar-refractivity contribution >= 4 is 22.4 Å². The van der Waals surface area contributed by atoms with E-state index in [0.29, 0.717) is 35.3 Å². The van der Waals surface area contributed by atoms with Crippen molar-refractivity contribution < 1.29 is 8.81 Å². The number of nitrogens with zero attached hydrogens (tertiary/aromatic N) is 2. The van der Waals surface area contributed by atoms with Gasteiger partial charge in [-0.2, -0.15) is 0 Å². The predicted octanol–water partition coefficient (Wildman–Crippen LogP) is 12.0. The largest absolute Gasteiger partial charge is 0.460 e. The van der Waals surface area contributed by atoms with Crippen molar-refractivity contribution in [1.82, 2.24) is 4.90 Å². The van der Waals surface area contributed by atoms with Crippen LogP contribution in [0.2, 0.25) is 0 Å². The van der Waals surface area contributed by atoms with Crippen LogP contribution in [-0.2, 0) is 6.42 Å². The van der Waals surface area contributed by atoms with Gasteiger partial charge in [0.15, 0.2) is 0 Å². The van der Waals surface area contributed by atoms with Gasteiger partial charge in [0, 0.05) is 52.1 Å². The lowest BCUT2D eigenvalue weighted by molar-refractivity contribution is 0.167. The monoisotopic (exact) mass is 676 g/mol. The van der Waals surface area contributed by atoms with Crippen LogP contribution >= 0.6 is 0 Å². The van der Waals surface area contributed by atoms with E-state index in [2.05, 4.69) is 70.5 Å². The molecule has 1 aliphatic heterocycles. The molecule has 3 aromatic rings. The lowest BCUT2D eigenvalue weighted by atomic mass is 9.66. The van der Waals surface area contributed by atoms with Crippen LogP contribution in [0.15, 0.2) is 118 Å². The van der Waals surface area contributed by atoms with Gasteiger partial charge in [-0.15, -0.1) is 0 Å². The second-order valence-corrected chi connectivity index (χ2v) is 16.8. The molecule has 0 saturated heterocycles. The molecule has 4 unspecified atom stereocenters. The van der Waals surface area contributed by atoms with Crippen molar-refractivity contribution in [3.8, 4) is 0 Å². The number of anilines is 1. The molecule has 8 aliphatic rings. The minimum absolute atomic E-state index is 0.161. The highest BCUT2D eigenvalue weighted by molar-refractivity contribution is 5.93. The van der Waals surface area contributed by atoms with Crippen molar-refractivity contribution in [2.75, 3.05) is 4.90 Å². The smallest absolute Gasteiger partial charge is 0.134 e. The van der Waals surface area contributed by atoms with E-state index < -0.39 is 0 Å². The molecule has 51 heavy (non-hydrogen) atoms. The molecule has 2 aromatic carbocycles. The van der Waals surface area contributed by atoms with Crippen LogP contribution < -0.4 is 4.90 Å². The quantitative estimate of drug-likeness (QED) is 0.257. The Morgan fingerprint density at radius 2 is 1.71 bits per heavy atom. The Hall–Kier alpha value is -4.05. The SMILES string of the molecule is Fc1ccc(N2C3=C(C[C@@H](N(C4=CCC5C6=C(C=CCC6)C6(CCCC6)C5C4)C4=CCCc5oc6ccccc6c54)CC3)C3CCC=CC32)cc1. The lowest BCUT2D eigenvalue weighted by Gasteiger charge is -2.46. The Kier molecular flexibility index (Phi) is 7.03. The number of furan rings is 1. The average Bonchev–Trinajstić information content (AvgIpc) is 3.95. The van der Waals surface area contributed by atoms with Crippen LogP contribution in [0.1, 0.15) is 101 Å². The highest BCUT2D eigenvalue weighted by Crippen LogP contribution is 2.65. The van der Waals surface area contributed by atoms with Gasteiger partial charge in [-0.1, -0.05) is 73.1 Å². The van der Waals surface area contributed by atoms with Gasteiger partial charge >= 0.3 is 0 Å². The number of hydrogen-bond acceptors (Lipinski definition) is 3. The third-order valence-corrected chi connectivity index (χ3v) is 14.6. The first-order valence-corrected chi connectivity index (χ1v) is 20.2. The van der Waals surface area contributed by atoms with Gasteiger partial charge < -0.3 is 14.2 Å². The molecule has 0 bridgehead atoms. The average molecular weight is 677 g/mol. The Morgan fingerprint density at radius 3 is 2.61 bits per heavy atom. The Morgan fingerprint density at radius 1 is 0.824 bits per heavy atom. The topological polar surface area (TPSA) is 19.6 Å². The lowest BCUT2D eigenvalue weighted by Crippen LogP contribution is -2.40. The van der Waals surface area contributed by atoms with Gasteiger partial charge in [-0.25, -0.2) is 4.39 Å². The second kappa shape index (κ2) is 11.7. The second-order valence-electron chi connectivity index (χ2n) is 16.8. The standard InChI is InChI=1S/C47H49FN2O/c48-30-18-20-31(21-19-30)50-41-14-5-2-11-36(41)38-28-32(23-25-42(38)50)49(43-15-9-17-45-46(43)37-12-3-6-16-44(37)51-45)33-22-24-35-34-10-1-4-13-39(34)47(40(35)29-33)26-7-8-27-47/h3-6,12-16,18-22,32,35-36,40-41H,1-2,7-11,17,23-29H2/t32-,35?,36?,40?,41?/m0/s1. The summed E-state index contributed by atoms with van der Waals surface area (Å²) in [7, 11) is 0. The molecular weight excluding hydrogens is 628 g/mol. The van der Waals surface area contributed by atoms with Crippen LogP contribution in [0.4, 0.5) is 10.1 Å². The normalized spacial score (nSPS) is 30.3. The van der Waals surface area contributed by atoms with E-state index in [1.54, 1.807) is 29.0 Å². The fourth-order valence-corrected chi connectivity index (χ4v) is 12.6. The highest BCUT2D eigenvalue weighted by Gasteiger charge is 2.55. The Bertz CT molecular complexity index is 2100. The summed E-state index contributed by atoms with van der Waals surface area (Å²) in [5.41, 5.74) is 13.6. The number of rotatable bonds is 4. The third kappa shape index (κ3) is 4.53. The number of para-hydroxylation sites is 1. The number of benzene rings is 2. The van der Waals surface area contributed by atoms with Gasteiger partial charge in [-0.3, -0.25) is 0 Å². The van der Waals surface area contributed by atoms with E-state index >= 15 is 0 Å². The van der Waals surface area contributed by atoms with E-state index in [9.17, 15) is 4.39 Å². The van der Waals surface area contributed by atoms with Crippen LogP contribution in [0.3, 0.4) is 0 Å². The van der Waals surface area contributed by atoms with Crippen molar-refractivity contribution in [3.63, 3.8) is 0 Å². The number of halogens is 1. The summed E-state index contributed by atoms with van der Waals surface area (Å²) in [5, 5.41) is 1.27. The zero-order chi connectivity index (χ0) is 33.7. The number of fused-ring (bicyclic) bond motifs is 9. The summed E-state index contributed by atoms with van der Waals surface area (Å²) in [6.45, 7) is 0. The highest BCUT2D eigenvalue weighted by atomic mass is 19.1. The first-order chi connectivity index (χ1) is 25.2. The third-order valence-electron chi connectivity index (χ3n) is 14.6. The first-order valence-electron chi connectivity index (χ1n) is 20.2. The fraction of sp³-hybridized carbons (Fsp3) is 0.447. The molecule has 1 fully saturated rings. The van der Waals surface area contributed by atoms with E-state index in [0.717, 1.165) is 49.8 Å². The molecule has 4 heteroatoms. The molecule has 0 radical (unpaired) electrons. The maximum absolute atomic E-state index is 14.1. The van der Waals surface area contributed by atoms with Crippen LogP contribution in [0.25, 0.3) is 16.7 Å². The van der Waals surface area contributed by atoms with Gasteiger partial charge in [0.25, 0.3) is 0 Å². The molecule has 1 aromatic heterocycles. The molecule has 11 rings (SSSR count). The van der Waals surface area contributed by atoms with Crippen LogP contribution in [-0.4, -0.2) is 17.0 Å². The molecule has 1 spiro atoms. The van der Waals surface area contributed by atoms with Gasteiger partial charge in [0.1, 0.15) is 17.2 Å². The van der Waals surface area contributed by atoms with E-state index in [1.165, 1.54) is 85.9 Å². The molecule has 2 heterocycles. The molecule has 5 atom stereocenters. The molecular formula is C47H49FN2O. The molecule has 0 N–H and O–H groups in total. The predicted molar refractivity (Wildman–Crippen MR) is 204 cm³/mol.